The highest BCUT2D eigenvalue weighted by molar-refractivity contribution is 7.89. The summed E-state index contributed by atoms with van der Waals surface area (Å²) in [5, 5.41) is 0. The standard InChI is InChI=1S/C24H30N4O4S/c29-23(27-11-4-5-12-27)19-26-13-15-28(16-14-26)24(30)21-9-6-10-22(17-21)33(31,32)25-18-20-7-2-1-3-8-20/h1-3,6-10,17,25H,4-5,11-16,18-19H2. The van der Waals surface area contributed by atoms with Crippen molar-refractivity contribution in [3.05, 3.63) is 65.7 Å². The maximum absolute atomic E-state index is 13.0. The molecule has 2 aliphatic heterocycles. The number of piperazine rings is 1. The summed E-state index contributed by atoms with van der Waals surface area (Å²) < 4.78 is 28.1. The van der Waals surface area contributed by atoms with Gasteiger partial charge in [0.1, 0.15) is 0 Å². The zero-order valence-electron chi connectivity index (χ0n) is 18.7. The third-order valence-corrected chi connectivity index (χ3v) is 7.58. The minimum absolute atomic E-state index is 0.0686. The first-order valence-corrected chi connectivity index (χ1v) is 12.8. The zero-order valence-corrected chi connectivity index (χ0v) is 19.5. The van der Waals surface area contributed by atoms with E-state index < -0.39 is 10.0 Å². The Kier molecular flexibility index (Phi) is 7.42. The molecule has 176 valence electrons. The molecule has 2 fully saturated rings. The van der Waals surface area contributed by atoms with Crippen LogP contribution in [0.3, 0.4) is 0 Å². The Morgan fingerprint density at radius 1 is 0.818 bits per heavy atom. The Labute approximate surface area is 195 Å². The van der Waals surface area contributed by atoms with Crippen LogP contribution in [0.5, 0.6) is 0 Å². The van der Waals surface area contributed by atoms with Gasteiger partial charge in [0.05, 0.1) is 11.4 Å². The van der Waals surface area contributed by atoms with Crippen molar-refractivity contribution in [2.24, 2.45) is 0 Å². The molecule has 0 atom stereocenters. The molecule has 9 heteroatoms. The van der Waals surface area contributed by atoms with Crippen molar-refractivity contribution in [3.63, 3.8) is 0 Å². The van der Waals surface area contributed by atoms with Crippen LogP contribution in [-0.2, 0) is 21.4 Å². The predicted octanol–water partition coefficient (Wildman–Crippen LogP) is 1.55. The number of carbonyl (C=O) groups is 2. The lowest BCUT2D eigenvalue weighted by molar-refractivity contribution is -0.131. The van der Waals surface area contributed by atoms with Gasteiger partial charge in [-0.25, -0.2) is 13.1 Å². The van der Waals surface area contributed by atoms with E-state index in [4.69, 9.17) is 0 Å². The van der Waals surface area contributed by atoms with Gasteiger partial charge in [0.15, 0.2) is 0 Å². The number of benzene rings is 2. The number of rotatable bonds is 7. The normalized spacial score (nSPS) is 17.3. The Morgan fingerprint density at radius 3 is 2.21 bits per heavy atom. The smallest absolute Gasteiger partial charge is 0.253 e. The fourth-order valence-corrected chi connectivity index (χ4v) is 5.27. The highest BCUT2D eigenvalue weighted by Crippen LogP contribution is 2.16. The first kappa shape index (κ1) is 23.4. The number of sulfonamides is 1. The Morgan fingerprint density at radius 2 is 1.52 bits per heavy atom. The zero-order chi connectivity index (χ0) is 23.3. The van der Waals surface area contributed by atoms with E-state index in [1.54, 1.807) is 17.0 Å². The molecule has 4 rings (SSSR count). The minimum atomic E-state index is -3.75. The van der Waals surface area contributed by atoms with Crippen LogP contribution in [0.1, 0.15) is 28.8 Å². The molecule has 2 saturated heterocycles. The number of carbonyl (C=O) groups excluding carboxylic acids is 2. The van der Waals surface area contributed by atoms with Crippen molar-refractivity contribution >= 4 is 21.8 Å². The Balaban J connectivity index is 1.33. The molecule has 0 saturated carbocycles. The monoisotopic (exact) mass is 470 g/mol. The summed E-state index contributed by atoms with van der Waals surface area (Å²) in [6, 6.07) is 15.4. The summed E-state index contributed by atoms with van der Waals surface area (Å²) in [5.74, 6) is -0.0335. The molecule has 8 nitrogen and oxygen atoms in total. The van der Waals surface area contributed by atoms with Crippen LogP contribution in [0.2, 0.25) is 0 Å². The first-order valence-electron chi connectivity index (χ1n) is 11.4. The molecule has 2 amide bonds. The van der Waals surface area contributed by atoms with Gasteiger partial charge in [-0.15, -0.1) is 0 Å². The highest BCUT2D eigenvalue weighted by atomic mass is 32.2. The predicted molar refractivity (Wildman–Crippen MR) is 125 cm³/mol. The van der Waals surface area contributed by atoms with Crippen LogP contribution in [0.4, 0.5) is 0 Å². The molecule has 2 heterocycles. The van der Waals surface area contributed by atoms with Crippen LogP contribution in [0.15, 0.2) is 59.5 Å². The maximum Gasteiger partial charge on any atom is 0.253 e. The molecular formula is C24H30N4O4S. The number of hydrogen-bond acceptors (Lipinski definition) is 5. The largest absolute Gasteiger partial charge is 0.342 e. The average molecular weight is 471 g/mol. The van der Waals surface area contributed by atoms with Crippen LogP contribution < -0.4 is 4.72 Å². The van der Waals surface area contributed by atoms with Crippen molar-refractivity contribution in [3.8, 4) is 0 Å². The molecule has 2 aromatic rings. The van der Waals surface area contributed by atoms with Crippen molar-refractivity contribution in [1.82, 2.24) is 19.4 Å². The van der Waals surface area contributed by atoms with Crippen LogP contribution in [-0.4, -0.2) is 80.7 Å². The lowest BCUT2D eigenvalue weighted by Crippen LogP contribution is -2.51. The molecule has 2 aliphatic rings. The lowest BCUT2D eigenvalue weighted by Gasteiger charge is -2.35. The van der Waals surface area contributed by atoms with Gasteiger partial charge in [0, 0.05) is 51.4 Å². The second-order valence-corrected chi connectivity index (χ2v) is 10.3. The summed E-state index contributed by atoms with van der Waals surface area (Å²) >= 11 is 0. The Hall–Kier alpha value is -2.75. The second-order valence-electron chi connectivity index (χ2n) is 8.49. The number of amides is 2. The third-order valence-electron chi connectivity index (χ3n) is 6.18. The summed E-state index contributed by atoms with van der Waals surface area (Å²) in [7, 11) is -3.75. The van der Waals surface area contributed by atoms with E-state index in [2.05, 4.69) is 9.62 Å². The van der Waals surface area contributed by atoms with Gasteiger partial charge in [-0.3, -0.25) is 14.5 Å². The molecule has 0 bridgehead atoms. The van der Waals surface area contributed by atoms with Crippen LogP contribution >= 0.6 is 0 Å². The van der Waals surface area contributed by atoms with Gasteiger partial charge in [0.2, 0.25) is 15.9 Å². The maximum atomic E-state index is 13.0. The van der Waals surface area contributed by atoms with Gasteiger partial charge in [-0.2, -0.15) is 0 Å². The van der Waals surface area contributed by atoms with Crippen molar-refractivity contribution < 1.29 is 18.0 Å². The fraction of sp³-hybridized carbons (Fsp3) is 0.417. The van der Waals surface area contributed by atoms with E-state index in [9.17, 15) is 18.0 Å². The van der Waals surface area contributed by atoms with E-state index in [1.165, 1.54) is 12.1 Å². The fourth-order valence-electron chi connectivity index (χ4n) is 4.20. The number of nitrogens with one attached hydrogen (secondary N) is 1. The van der Waals surface area contributed by atoms with Crippen molar-refractivity contribution in [1.29, 1.82) is 0 Å². The van der Waals surface area contributed by atoms with Gasteiger partial charge in [-0.1, -0.05) is 36.4 Å². The van der Waals surface area contributed by atoms with E-state index in [1.807, 2.05) is 35.2 Å². The number of nitrogens with zero attached hydrogens (tertiary/aromatic N) is 3. The quantitative estimate of drug-likeness (QED) is 0.663. The van der Waals surface area contributed by atoms with E-state index in [0.29, 0.717) is 38.3 Å². The molecule has 33 heavy (non-hydrogen) atoms. The van der Waals surface area contributed by atoms with Gasteiger partial charge < -0.3 is 9.80 Å². The topological polar surface area (TPSA) is 90.0 Å². The van der Waals surface area contributed by atoms with E-state index in [-0.39, 0.29) is 23.3 Å². The van der Waals surface area contributed by atoms with Crippen LogP contribution in [0.25, 0.3) is 0 Å². The molecule has 0 radical (unpaired) electrons. The lowest BCUT2D eigenvalue weighted by atomic mass is 10.2. The number of hydrogen-bond donors (Lipinski definition) is 1. The number of likely N-dealkylation sites (tertiary alicyclic amines) is 1. The van der Waals surface area contributed by atoms with E-state index in [0.717, 1.165) is 31.5 Å². The summed E-state index contributed by atoms with van der Waals surface area (Å²) in [6.45, 7) is 4.53. The van der Waals surface area contributed by atoms with E-state index >= 15 is 0 Å². The van der Waals surface area contributed by atoms with Gasteiger partial charge in [-0.05, 0) is 36.6 Å². The third kappa shape index (κ3) is 5.98. The summed E-state index contributed by atoms with van der Waals surface area (Å²) in [6.07, 6.45) is 2.15. The Bertz CT molecular complexity index is 1080. The SMILES string of the molecule is O=C(CN1CCN(C(=O)c2cccc(S(=O)(=O)NCc3ccccc3)c2)CC1)N1CCCC1. The van der Waals surface area contributed by atoms with Crippen molar-refractivity contribution in [2.75, 3.05) is 45.8 Å². The van der Waals surface area contributed by atoms with Gasteiger partial charge >= 0.3 is 0 Å². The molecule has 1 N–H and O–H groups in total. The molecular weight excluding hydrogens is 440 g/mol. The average Bonchev–Trinajstić information content (AvgIpc) is 3.39. The van der Waals surface area contributed by atoms with Crippen LogP contribution in [0, 0.1) is 0 Å². The molecule has 0 spiro atoms. The molecule has 0 aromatic heterocycles. The highest BCUT2D eigenvalue weighted by Gasteiger charge is 2.26. The van der Waals surface area contributed by atoms with Gasteiger partial charge in [0.25, 0.3) is 5.91 Å². The second kappa shape index (κ2) is 10.5. The van der Waals surface area contributed by atoms with Crippen molar-refractivity contribution in [2.45, 2.75) is 24.3 Å². The molecule has 0 aliphatic carbocycles. The summed E-state index contributed by atoms with van der Waals surface area (Å²) in [4.78, 5) is 31.2. The molecule has 2 aromatic carbocycles. The molecule has 0 unspecified atom stereocenters. The summed E-state index contributed by atoms with van der Waals surface area (Å²) in [5.41, 5.74) is 1.20. The minimum Gasteiger partial charge on any atom is -0.342 e. The first-order chi connectivity index (χ1) is 15.9.